The van der Waals surface area contributed by atoms with E-state index in [-0.39, 0.29) is 57.9 Å². The first-order valence-electron chi connectivity index (χ1n) is 19.1. The first-order chi connectivity index (χ1) is 28.1. The van der Waals surface area contributed by atoms with Crippen molar-refractivity contribution in [3.05, 3.63) is 58.8 Å². The fourth-order valence-corrected chi connectivity index (χ4v) is 10.1. The third kappa shape index (κ3) is 7.15. The van der Waals surface area contributed by atoms with E-state index in [1.807, 2.05) is 4.90 Å². The van der Waals surface area contributed by atoms with Crippen LogP contribution in [0.15, 0.2) is 30.5 Å². The number of nitriles is 1. The Balaban J connectivity index is 1.33. The molecule has 12 nitrogen and oxygen atoms in total. The van der Waals surface area contributed by atoms with Crippen LogP contribution in [0.5, 0.6) is 11.8 Å². The number of carbonyl (C=O) groups excluding carboxylic acids is 1. The van der Waals surface area contributed by atoms with Crippen LogP contribution in [0.4, 0.5) is 43.0 Å². The van der Waals surface area contributed by atoms with Gasteiger partial charge in [-0.05, 0) is 62.3 Å². The molecule has 6 heterocycles. The van der Waals surface area contributed by atoms with Crippen molar-refractivity contribution >= 4 is 54.9 Å². The number of hydrogen-bond donors (Lipinski definition) is 4. The minimum absolute atomic E-state index is 0.0223. The Kier molecular flexibility index (Phi) is 10.4. The standard InChI is InChI=1S/C40H39F6N9O3S/c1-19(56)54-12-7-20(8-13-54)14-26(22-4-2-10-50-35(22)48)51-37-29-32(52-38(53-37)58-18-39-9-3-11-55(39)17-21(41)15-39)31(43)28(30(33(29)57)40(44,45)46)23-5-6-25(42)34-27(23)24(16-47)36(49)59-34/h2,4-6,10,20-21,26,57H,3,7-9,11-15,17-18,49H2,1H3,(H2,48,50)(H,51,52,53)/t21-,26-,39+/m1/s1. The van der Waals surface area contributed by atoms with Gasteiger partial charge in [0.15, 0.2) is 5.82 Å². The zero-order valence-corrected chi connectivity index (χ0v) is 32.5. The van der Waals surface area contributed by atoms with Crippen LogP contribution >= 0.6 is 11.3 Å². The highest BCUT2D eigenvalue weighted by Gasteiger charge is 2.50. The molecule has 0 radical (unpaired) electrons. The van der Waals surface area contributed by atoms with Crippen LogP contribution in [0.3, 0.4) is 0 Å². The van der Waals surface area contributed by atoms with Gasteiger partial charge in [-0.3, -0.25) is 9.69 Å². The number of alkyl halides is 4. The Morgan fingerprint density at radius 2 is 1.93 bits per heavy atom. The molecule has 3 aliphatic heterocycles. The van der Waals surface area contributed by atoms with Gasteiger partial charge in [0.25, 0.3) is 0 Å². The zero-order valence-electron chi connectivity index (χ0n) is 31.7. The number of anilines is 3. The van der Waals surface area contributed by atoms with Crippen molar-refractivity contribution in [3.8, 4) is 29.0 Å². The maximum absolute atomic E-state index is 17.5. The fourth-order valence-electron chi connectivity index (χ4n) is 9.12. The summed E-state index contributed by atoms with van der Waals surface area (Å²) in [5.74, 6) is -4.33. The Hall–Kier alpha value is -5.61. The van der Waals surface area contributed by atoms with Crippen LogP contribution in [-0.4, -0.2) is 80.3 Å². The number of piperidine rings is 1. The van der Waals surface area contributed by atoms with Gasteiger partial charge in [0.05, 0.1) is 27.2 Å². The van der Waals surface area contributed by atoms with Crippen LogP contribution < -0.4 is 21.5 Å². The molecule has 3 atom stereocenters. The lowest BCUT2D eigenvalue weighted by Crippen LogP contribution is -2.43. The van der Waals surface area contributed by atoms with E-state index in [1.165, 1.54) is 13.1 Å². The molecule has 2 aromatic carbocycles. The van der Waals surface area contributed by atoms with Crippen LogP contribution in [0.25, 0.3) is 32.1 Å². The minimum Gasteiger partial charge on any atom is -0.506 e. The summed E-state index contributed by atoms with van der Waals surface area (Å²) in [6, 6.07) is 5.50. The normalized spacial score (nSPS) is 20.6. The second kappa shape index (κ2) is 15.2. The summed E-state index contributed by atoms with van der Waals surface area (Å²) >= 11 is 0.611. The lowest BCUT2D eigenvalue weighted by atomic mass is 9.87. The molecule has 310 valence electrons. The second-order valence-electron chi connectivity index (χ2n) is 15.5. The Bertz CT molecular complexity index is 2520. The third-order valence-corrected chi connectivity index (χ3v) is 13.0. The van der Waals surface area contributed by atoms with Crippen LogP contribution in [0.2, 0.25) is 0 Å². The van der Waals surface area contributed by atoms with Gasteiger partial charge >= 0.3 is 12.2 Å². The number of likely N-dealkylation sites (tertiary alicyclic amines) is 1. The molecule has 8 rings (SSSR count). The second-order valence-corrected chi connectivity index (χ2v) is 16.5. The number of amides is 1. The molecule has 0 unspecified atom stereocenters. The summed E-state index contributed by atoms with van der Waals surface area (Å²) < 4.78 is 99.2. The number of fused-ring (bicyclic) bond motifs is 3. The molecular formula is C40H39F6N9O3S. The molecular weight excluding hydrogens is 801 g/mol. The summed E-state index contributed by atoms with van der Waals surface area (Å²) in [5, 5.41) is 23.6. The molecule has 0 bridgehead atoms. The summed E-state index contributed by atoms with van der Waals surface area (Å²) in [5.41, 5.74) is 7.35. The van der Waals surface area contributed by atoms with Crippen molar-refractivity contribution in [2.45, 2.75) is 69.4 Å². The molecule has 1 amide bonds. The fraction of sp³-hybridized carbons (Fsp3) is 0.425. The zero-order chi connectivity index (χ0) is 42.0. The highest BCUT2D eigenvalue weighted by atomic mass is 32.1. The largest absolute Gasteiger partial charge is 0.506 e. The number of hydrogen-bond acceptors (Lipinski definition) is 12. The number of phenols is 1. The van der Waals surface area contributed by atoms with Crippen molar-refractivity contribution < 1.29 is 41.0 Å². The maximum Gasteiger partial charge on any atom is 0.420 e. The van der Waals surface area contributed by atoms with Gasteiger partial charge < -0.3 is 31.5 Å². The van der Waals surface area contributed by atoms with E-state index < -0.39 is 80.7 Å². The number of benzene rings is 2. The highest BCUT2D eigenvalue weighted by molar-refractivity contribution is 7.23. The van der Waals surface area contributed by atoms with E-state index in [0.717, 1.165) is 18.6 Å². The van der Waals surface area contributed by atoms with Crippen molar-refractivity contribution in [1.29, 1.82) is 5.26 Å². The molecule has 0 spiro atoms. The maximum atomic E-state index is 17.5. The van der Waals surface area contributed by atoms with Gasteiger partial charge in [0, 0.05) is 55.7 Å². The summed E-state index contributed by atoms with van der Waals surface area (Å²) in [4.78, 5) is 28.7. The number of thiophene rings is 1. The minimum atomic E-state index is -5.43. The molecule has 59 heavy (non-hydrogen) atoms. The number of pyridine rings is 1. The van der Waals surface area contributed by atoms with E-state index in [9.17, 15) is 19.6 Å². The summed E-state index contributed by atoms with van der Waals surface area (Å²) in [7, 11) is 0. The summed E-state index contributed by atoms with van der Waals surface area (Å²) in [6.45, 7) is 3.15. The van der Waals surface area contributed by atoms with Gasteiger partial charge in [-0.1, -0.05) is 12.1 Å². The van der Waals surface area contributed by atoms with Crippen molar-refractivity contribution in [3.63, 3.8) is 0 Å². The number of aromatic nitrogens is 3. The summed E-state index contributed by atoms with van der Waals surface area (Å²) in [6.07, 6.45) is -2.04. The van der Waals surface area contributed by atoms with Crippen LogP contribution in [0.1, 0.15) is 68.2 Å². The number of nitrogen functional groups attached to an aromatic ring is 2. The van der Waals surface area contributed by atoms with E-state index in [2.05, 4.69) is 20.3 Å². The van der Waals surface area contributed by atoms with E-state index in [1.54, 1.807) is 23.1 Å². The first kappa shape index (κ1) is 40.2. The number of halogens is 6. The SMILES string of the molecule is CC(=O)N1CCC(C[C@@H](Nc2nc(OC[C@@]34CCCN3C[C@H](F)C4)nc3c(F)c(-c4ccc(F)c5sc(N)c(C#N)c45)c(C(F)(F)F)c(O)c23)c2cccnc2N)CC1. The molecule has 3 aliphatic rings. The van der Waals surface area contributed by atoms with Crippen LogP contribution in [-0.2, 0) is 11.0 Å². The number of nitrogens with one attached hydrogen (secondary N) is 1. The van der Waals surface area contributed by atoms with Gasteiger partial charge in [0.2, 0.25) is 5.91 Å². The molecule has 3 fully saturated rings. The number of nitrogens with two attached hydrogens (primary N) is 2. The smallest absolute Gasteiger partial charge is 0.420 e. The van der Waals surface area contributed by atoms with E-state index in [4.69, 9.17) is 16.2 Å². The monoisotopic (exact) mass is 839 g/mol. The number of phenolic OH excluding ortho intramolecular Hbond substituents is 1. The predicted octanol–water partition coefficient (Wildman–Crippen LogP) is 7.70. The van der Waals surface area contributed by atoms with Gasteiger partial charge in [-0.2, -0.15) is 28.4 Å². The molecule has 0 saturated carbocycles. The number of carbonyl (C=O) groups is 1. The topological polar surface area (TPSA) is 180 Å². The molecule has 3 aromatic heterocycles. The van der Waals surface area contributed by atoms with Crippen molar-refractivity contribution in [2.24, 2.45) is 5.92 Å². The van der Waals surface area contributed by atoms with Crippen molar-refractivity contribution in [2.75, 3.05) is 49.6 Å². The first-order valence-corrected chi connectivity index (χ1v) is 19.9. The van der Waals surface area contributed by atoms with Crippen molar-refractivity contribution in [1.82, 2.24) is 24.8 Å². The molecule has 0 aliphatic carbocycles. The van der Waals surface area contributed by atoms with Gasteiger partial charge in [-0.15, -0.1) is 11.3 Å². The average Bonchev–Trinajstić information content (AvgIpc) is 3.84. The Labute approximate surface area is 337 Å². The van der Waals surface area contributed by atoms with E-state index >= 15 is 22.0 Å². The third-order valence-electron chi connectivity index (χ3n) is 11.9. The average molecular weight is 840 g/mol. The number of rotatable bonds is 9. The quantitative estimate of drug-likeness (QED) is 0.107. The lowest BCUT2D eigenvalue weighted by Gasteiger charge is -2.34. The predicted molar refractivity (Wildman–Crippen MR) is 209 cm³/mol. The van der Waals surface area contributed by atoms with Gasteiger partial charge in [0.1, 0.15) is 58.1 Å². The number of aromatic hydroxyl groups is 1. The van der Waals surface area contributed by atoms with Gasteiger partial charge in [-0.25, -0.2) is 18.2 Å². The molecule has 6 N–H and O–H groups in total. The molecule has 19 heteroatoms. The van der Waals surface area contributed by atoms with Crippen LogP contribution in [0, 0.1) is 28.9 Å². The number of ether oxygens (including phenoxy) is 1. The molecule has 5 aromatic rings. The van der Waals surface area contributed by atoms with E-state index in [0.29, 0.717) is 62.2 Å². The Morgan fingerprint density at radius 1 is 1.17 bits per heavy atom. The number of nitrogens with zero attached hydrogens (tertiary/aromatic N) is 6. The lowest BCUT2D eigenvalue weighted by molar-refractivity contribution is -0.138. The Morgan fingerprint density at radius 3 is 2.63 bits per heavy atom. The molecule has 3 saturated heterocycles. The highest BCUT2D eigenvalue weighted by Crippen LogP contribution is 2.52.